The Kier molecular flexibility index (Phi) is 15.3. The first-order valence-electron chi connectivity index (χ1n) is 18.2. The zero-order valence-electron chi connectivity index (χ0n) is 31.2. The number of nitrogens with zero attached hydrogens (tertiary/aromatic N) is 1. The van der Waals surface area contributed by atoms with Gasteiger partial charge in [-0.2, -0.15) is 11.8 Å². The van der Waals surface area contributed by atoms with Crippen molar-refractivity contribution < 1.29 is 28.8 Å². The highest BCUT2D eigenvalue weighted by Gasteiger charge is 2.32. The van der Waals surface area contributed by atoms with Crippen molar-refractivity contribution in [2.45, 2.75) is 90.0 Å². The minimum Gasteiger partial charge on any atom is -0.361 e. The second-order valence-electron chi connectivity index (χ2n) is 14.0. The van der Waals surface area contributed by atoms with Gasteiger partial charge in [0.25, 0.3) is 0 Å². The Hall–Kier alpha value is -4.85. The smallest absolute Gasteiger partial charge is 0.243 e. The Labute approximate surface area is 315 Å². The fourth-order valence-corrected chi connectivity index (χ4v) is 6.79. The number of aromatic amines is 1. The van der Waals surface area contributed by atoms with Gasteiger partial charge in [0.1, 0.15) is 24.2 Å². The van der Waals surface area contributed by atoms with E-state index in [2.05, 4.69) is 31.6 Å². The third-order valence-corrected chi connectivity index (χ3v) is 9.97. The number of hydrogen-bond donors (Lipinski definition) is 6. The molecule has 0 bridgehead atoms. The lowest BCUT2D eigenvalue weighted by Crippen LogP contribution is -2.60. The minimum atomic E-state index is -1.04. The number of nitrogens with one attached hydrogen (secondary N) is 6. The highest BCUT2D eigenvalue weighted by atomic mass is 32.2. The van der Waals surface area contributed by atoms with Gasteiger partial charge in [-0.05, 0) is 74.7 Å². The van der Waals surface area contributed by atoms with Crippen molar-refractivity contribution in [3.63, 3.8) is 0 Å². The lowest BCUT2D eigenvalue weighted by atomic mass is 10.0. The number of hydrogen-bond acceptors (Lipinski definition) is 7. The van der Waals surface area contributed by atoms with Crippen molar-refractivity contribution in [2.75, 3.05) is 25.1 Å². The van der Waals surface area contributed by atoms with Crippen molar-refractivity contribution in [2.24, 2.45) is 5.92 Å². The minimum absolute atomic E-state index is 0.00302. The Morgan fingerprint density at radius 1 is 0.830 bits per heavy atom. The fraction of sp³-hybridized carbons (Fsp3) is 0.487. The number of rotatable bonds is 10. The first-order valence-corrected chi connectivity index (χ1v) is 19.6. The van der Waals surface area contributed by atoms with Gasteiger partial charge in [-0.1, -0.05) is 62.4 Å². The van der Waals surface area contributed by atoms with Crippen LogP contribution in [0.2, 0.25) is 0 Å². The zero-order chi connectivity index (χ0) is 38.5. The molecular formula is C39H53N7O6S. The number of amides is 6. The molecule has 5 atom stereocenters. The quantitative estimate of drug-likeness (QED) is 0.184. The van der Waals surface area contributed by atoms with Crippen LogP contribution >= 0.6 is 11.8 Å². The molecule has 0 aliphatic carbocycles. The molecule has 1 fully saturated rings. The van der Waals surface area contributed by atoms with Crippen LogP contribution in [0, 0.1) is 5.92 Å². The van der Waals surface area contributed by atoms with Gasteiger partial charge in [0, 0.05) is 30.1 Å². The van der Waals surface area contributed by atoms with Gasteiger partial charge in [0.05, 0.1) is 12.6 Å². The van der Waals surface area contributed by atoms with Crippen LogP contribution in [-0.2, 0) is 41.6 Å². The summed E-state index contributed by atoms with van der Waals surface area (Å²) in [6.45, 7) is 6.22. The largest absolute Gasteiger partial charge is 0.361 e. The number of para-hydroxylation sites is 1. The molecule has 14 heteroatoms. The van der Waals surface area contributed by atoms with Gasteiger partial charge in [-0.25, -0.2) is 0 Å². The summed E-state index contributed by atoms with van der Waals surface area (Å²) in [4.78, 5) is 86.0. The summed E-state index contributed by atoms with van der Waals surface area (Å²) >= 11 is 1.51. The van der Waals surface area contributed by atoms with E-state index in [4.69, 9.17) is 0 Å². The van der Waals surface area contributed by atoms with Gasteiger partial charge < -0.3 is 36.5 Å². The van der Waals surface area contributed by atoms with Crippen LogP contribution in [0.3, 0.4) is 0 Å². The van der Waals surface area contributed by atoms with Gasteiger partial charge in [-0.3, -0.25) is 28.8 Å². The van der Waals surface area contributed by atoms with E-state index in [1.54, 1.807) is 20.8 Å². The second-order valence-corrected chi connectivity index (χ2v) is 15.0. The Morgan fingerprint density at radius 2 is 1.51 bits per heavy atom. The number of carbonyl (C=O) groups excluding carboxylic acids is 6. The normalized spacial score (nSPS) is 22.6. The first-order chi connectivity index (χ1) is 25.4. The van der Waals surface area contributed by atoms with E-state index >= 15 is 0 Å². The molecule has 2 heterocycles. The molecule has 0 saturated carbocycles. The highest BCUT2D eigenvalue weighted by Crippen LogP contribution is 2.20. The molecule has 53 heavy (non-hydrogen) atoms. The molecule has 1 saturated heterocycles. The summed E-state index contributed by atoms with van der Waals surface area (Å²) in [5, 5.41) is 15.0. The average Bonchev–Trinajstić information content (AvgIpc) is 3.54. The summed E-state index contributed by atoms with van der Waals surface area (Å²) in [7, 11) is 0. The number of H-pyrrole nitrogens is 1. The molecule has 0 spiro atoms. The average molecular weight is 748 g/mol. The van der Waals surface area contributed by atoms with E-state index in [-0.39, 0.29) is 31.3 Å². The van der Waals surface area contributed by atoms with Gasteiger partial charge in [-0.15, -0.1) is 0 Å². The summed E-state index contributed by atoms with van der Waals surface area (Å²) in [5.74, 6) is -2.78. The number of aromatic nitrogens is 1. The Morgan fingerprint density at radius 3 is 2.23 bits per heavy atom. The summed E-state index contributed by atoms with van der Waals surface area (Å²) < 4.78 is 0. The Balaban J connectivity index is 1.61. The maximum Gasteiger partial charge on any atom is 0.243 e. The van der Waals surface area contributed by atoms with E-state index in [9.17, 15) is 28.8 Å². The SMILES string of the molecule is CSCC[C@@H]1NC(=O)[C@H](C(C)C)NC(=O)[C@@H](C)NC(=O)CN(C(=O)CCCc2c[nH]c3ccccc23)C[C@@H](Cc2ccccc2)NC(=O)[C@H](C)NC1=O. The fourth-order valence-electron chi connectivity index (χ4n) is 6.32. The standard InChI is InChI=1S/C39H53N7O6S/c1-24(2)35-39(52)44-32(18-19-53-5)38(51)42-26(4)36(49)43-29(20-27-12-7-6-8-13-27)22-46(23-33(47)41-25(3)37(50)45-35)34(48)17-11-14-28-21-40-31-16-10-9-15-30(28)31/h6-10,12-13,15-16,21,24-26,29,32,35,40H,11,14,17-20,22-23H2,1-5H3,(H,41,47)(H,42,51)(H,43,49)(H,44,52)(H,45,50)/t25-,26+,29-,32+,35+/m1/s1. The maximum absolute atomic E-state index is 13.9. The predicted molar refractivity (Wildman–Crippen MR) is 207 cm³/mol. The molecule has 6 N–H and O–H groups in total. The van der Waals surface area contributed by atoms with Crippen molar-refractivity contribution in [1.82, 2.24) is 36.5 Å². The number of carbonyl (C=O) groups is 6. The van der Waals surface area contributed by atoms with E-state index in [1.807, 2.05) is 67.0 Å². The lowest BCUT2D eigenvalue weighted by Gasteiger charge is -2.31. The van der Waals surface area contributed by atoms with E-state index in [0.717, 1.165) is 22.0 Å². The number of benzene rings is 2. The molecule has 1 aromatic heterocycles. The number of aryl methyl sites for hydroxylation is 1. The number of thioether (sulfide) groups is 1. The van der Waals surface area contributed by atoms with Crippen LogP contribution in [-0.4, -0.2) is 101 Å². The summed E-state index contributed by atoms with van der Waals surface area (Å²) in [6, 6.07) is 12.8. The lowest BCUT2D eigenvalue weighted by molar-refractivity contribution is -0.138. The van der Waals surface area contributed by atoms with Crippen molar-refractivity contribution in [1.29, 1.82) is 0 Å². The molecule has 6 amide bonds. The predicted octanol–water partition coefficient (Wildman–Crippen LogP) is 2.45. The van der Waals surface area contributed by atoms with Gasteiger partial charge in [0.2, 0.25) is 35.4 Å². The molecule has 0 unspecified atom stereocenters. The molecule has 1 aliphatic heterocycles. The van der Waals surface area contributed by atoms with Crippen molar-refractivity contribution in [3.8, 4) is 0 Å². The summed E-state index contributed by atoms with van der Waals surface area (Å²) in [5.41, 5.74) is 3.00. The van der Waals surface area contributed by atoms with Crippen molar-refractivity contribution >= 4 is 58.1 Å². The van der Waals surface area contributed by atoms with E-state index in [1.165, 1.54) is 23.6 Å². The molecule has 286 valence electrons. The van der Waals surface area contributed by atoms with Crippen LogP contribution in [0.5, 0.6) is 0 Å². The third kappa shape index (κ3) is 12.1. The third-order valence-electron chi connectivity index (χ3n) is 9.32. The van der Waals surface area contributed by atoms with E-state index in [0.29, 0.717) is 31.4 Å². The Bertz CT molecular complexity index is 1730. The van der Waals surface area contributed by atoms with Crippen LogP contribution in [0.15, 0.2) is 60.8 Å². The summed E-state index contributed by atoms with van der Waals surface area (Å²) in [6.07, 6.45) is 5.76. The van der Waals surface area contributed by atoms with Gasteiger partial charge >= 0.3 is 0 Å². The zero-order valence-corrected chi connectivity index (χ0v) is 32.0. The van der Waals surface area contributed by atoms with E-state index < -0.39 is 59.7 Å². The first kappa shape index (κ1) is 40.9. The molecule has 2 aromatic carbocycles. The molecular weight excluding hydrogens is 695 g/mol. The topological polar surface area (TPSA) is 182 Å². The molecule has 3 aromatic rings. The molecule has 0 radical (unpaired) electrons. The number of fused-ring (bicyclic) bond motifs is 1. The van der Waals surface area contributed by atoms with Crippen LogP contribution in [0.4, 0.5) is 0 Å². The van der Waals surface area contributed by atoms with Crippen molar-refractivity contribution in [3.05, 3.63) is 71.9 Å². The van der Waals surface area contributed by atoms with Crippen LogP contribution in [0.25, 0.3) is 10.9 Å². The molecule has 4 rings (SSSR count). The monoisotopic (exact) mass is 747 g/mol. The highest BCUT2D eigenvalue weighted by molar-refractivity contribution is 7.98. The second kappa shape index (κ2) is 19.8. The van der Waals surface area contributed by atoms with Crippen LogP contribution < -0.4 is 26.6 Å². The molecule has 13 nitrogen and oxygen atoms in total. The maximum atomic E-state index is 13.9. The molecule has 1 aliphatic rings. The van der Waals surface area contributed by atoms with Gasteiger partial charge in [0.15, 0.2) is 0 Å². The van der Waals surface area contributed by atoms with Crippen LogP contribution in [0.1, 0.15) is 58.1 Å².